The summed E-state index contributed by atoms with van der Waals surface area (Å²) in [6.45, 7) is 6.00. The highest BCUT2D eigenvalue weighted by molar-refractivity contribution is 5.88. The second kappa shape index (κ2) is 6.75. The van der Waals surface area contributed by atoms with Crippen molar-refractivity contribution in [3.05, 3.63) is 0 Å². The molecule has 1 heterocycles. The molecule has 0 aromatic rings. The van der Waals surface area contributed by atoms with Gasteiger partial charge in [0.1, 0.15) is 6.04 Å². The van der Waals surface area contributed by atoms with Crippen LogP contribution in [-0.4, -0.2) is 54.6 Å². The second-order valence-electron chi connectivity index (χ2n) is 6.47. The first kappa shape index (κ1) is 16.2. The van der Waals surface area contributed by atoms with Crippen LogP contribution in [0.15, 0.2) is 0 Å². The fourth-order valence-electron chi connectivity index (χ4n) is 3.22. The van der Waals surface area contributed by atoms with Gasteiger partial charge in [0.15, 0.2) is 0 Å². The number of nitrogens with one attached hydrogen (secondary N) is 1. The first-order valence-corrected chi connectivity index (χ1v) is 7.87. The molecular formula is C15H27N3O3. The van der Waals surface area contributed by atoms with Crippen LogP contribution in [0.5, 0.6) is 0 Å². The van der Waals surface area contributed by atoms with Crippen molar-refractivity contribution in [3.8, 4) is 0 Å². The first-order valence-electron chi connectivity index (χ1n) is 7.87. The molecule has 1 aliphatic carbocycles. The number of hydrogen-bond donors (Lipinski definition) is 2. The molecule has 0 aromatic carbocycles. The molecule has 1 saturated carbocycles. The van der Waals surface area contributed by atoms with Crippen molar-refractivity contribution in [2.24, 2.45) is 11.7 Å². The minimum absolute atomic E-state index is 0.0406. The van der Waals surface area contributed by atoms with E-state index < -0.39 is 11.6 Å². The lowest BCUT2D eigenvalue weighted by molar-refractivity contribution is -0.140. The number of hydrogen-bond acceptors (Lipinski definition) is 4. The van der Waals surface area contributed by atoms with E-state index in [0.29, 0.717) is 26.3 Å². The van der Waals surface area contributed by atoms with Crippen molar-refractivity contribution in [1.29, 1.82) is 0 Å². The van der Waals surface area contributed by atoms with E-state index in [-0.39, 0.29) is 17.7 Å². The van der Waals surface area contributed by atoms with Gasteiger partial charge in [-0.1, -0.05) is 12.8 Å². The van der Waals surface area contributed by atoms with Crippen molar-refractivity contribution in [2.45, 2.75) is 51.1 Å². The molecule has 0 bridgehead atoms. The average Bonchev–Trinajstić information content (AvgIpc) is 2.46. The molecule has 0 aromatic heterocycles. The van der Waals surface area contributed by atoms with Gasteiger partial charge < -0.3 is 20.7 Å². The van der Waals surface area contributed by atoms with Crippen LogP contribution in [0, 0.1) is 5.92 Å². The molecule has 6 heteroatoms. The van der Waals surface area contributed by atoms with Crippen molar-refractivity contribution in [2.75, 3.05) is 26.3 Å². The SMILES string of the molecule is CC(NC(=O)C1CCCCC1(C)N)C(=O)N1CCOCC1. The molecule has 120 valence electrons. The average molecular weight is 297 g/mol. The number of amides is 2. The molecule has 21 heavy (non-hydrogen) atoms. The van der Waals surface area contributed by atoms with Gasteiger partial charge in [0.2, 0.25) is 11.8 Å². The summed E-state index contributed by atoms with van der Waals surface area (Å²) in [7, 11) is 0. The van der Waals surface area contributed by atoms with E-state index in [2.05, 4.69) is 5.32 Å². The number of morpholine rings is 1. The van der Waals surface area contributed by atoms with E-state index in [0.717, 1.165) is 25.7 Å². The third kappa shape index (κ3) is 3.95. The summed E-state index contributed by atoms with van der Waals surface area (Å²) in [5.41, 5.74) is 5.78. The molecule has 3 unspecified atom stereocenters. The van der Waals surface area contributed by atoms with Gasteiger partial charge in [0, 0.05) is 18.6 Å². The van der Waals surface area contributed by atoms with Crippen molar-refractivity contribution in [1.82, 2.24) is 10.2 Å². The number of nitrogens with zero attached hydrogens (tertiary/aromatic N) is 1. The number of carbonyl (C=O) groups excluding carboxylic acids is 2. The van der Waals surface area contributed by atoms with Crippen molar-refractivity contribution in [3.63, 3.8) is 0 Å². The Labute approximate surface area is 126 Å². The molecule has 2 fully saturated rings. The standard InChI is InChI=1S/C15H27N3O3/c1-11(14(20)18-7-9-21-10-8-18)17-13(19)12-5-3-4-6-15(12,2)16/h11-12H,3-10,16H2,1-2H3,(H,17,19). The van der Waals surface area contributed by atoms with Gasteiger partial charge in [0.05, 0.1) is 19.1 Å². The van der Waals surface area contributed by atoms with E-state index in [1.165, 1.54) is 0 Å². The Morgan fingerprint density at radius 1 is 1.33 bits per heavy atom. The van der Waals surface area contributed by atoms with Gasteiger partial charge >= 0.3 is 0 Å². The molecule has 6 nitrogen and oxygen atoms in total. The normalized spacial score (nSPS) is 31.6. The summed E-state index contributed by atoms with van der Waals surface area (Å²) < 4.78 is 5.24. The highest BCUT2D eigenvalue weighted by Crippen LogP contribution is 2.31. The maximum Gasteiger partial charge on any atom is 0.245 e. The zero-order chi connectivity index (χ0) is 15.5. The monoisotopic (exact) mass is 297 g/mol. The summed E-state index contributed by atoms with van der Waals surface area (Å²) in [6.07, 6.45) is 3.75. The zero-order valence-electron chi connectivity index (χ0n) is 13.1. The Morgan fingerprint density at radius 2 is 2.00 bits per heavy atom. The van der Waals surface area contributed by atoms with E-state index in [1.807, 2.05) is 6.92 Å². The molecular weight excluding hydrogens is 270 g/mol. The van der Waals surface area contributed by atoms with Crippen LogP contribution in [0.3, 0.4) is 0 Å². The molecule has 0 radical (unpaired) electrons. The van der Waals surface area contributed by atoms with Crippen LogP contribution >= 0.6 is 0 Å². The fraction of sp³-hybridized carbons (Fsp3) is 0.867. The quantitative estimate of drug-likeness (QED) is 0.782. The summed E-state index contributed by atoms with van der Waals surface area (Å²) >= 11 is 0. The van der Waals surface area contributed by atoms with Crippen LogP contribution in [0.2, 0.25) is 0 Å². The lowest BCUT2D eigenvalue weighted by Crippen LogP contribution is -2.56. The Bertz CT molecular complexity index is 392. The number of carbonyl (C=O) groups is 2. The predicted molar refractivity (Wildman–Crippen MR) is 79.6 cm³/mol. The van der Waals surface area contributed by atoms with Crippen molar-refractivity contribution < 1.29 is 14.3 Å². The second-order valence-corrected chi connectivity index (χ2v) is 6.47. The van der Waals surface area contributed by atoms with Gasteiger partial charge in [-0.3, -0.25) is 9.59 Å². The lowest BCUT2D eigenvalue weighted by Gasteiger charge is -2.38. The third-order valence-corrected chi connectivity index (χ3v) is 4.62. The molecule has 2 rings (SSSR count). The minimum Gasteiger partial charge on any atom is -0.378 e. The minimum atomic E-state index is -0.506. The van der Waals surface area contributed by atoms with Gasteiger partial charge in [-0.15, -0.1) is 0 Å². The maximum atomic E-state index is 12.4. The number of rotatable bonds is 3. The first-order chi connectivity index (χ1) is 9.92. The van der Waals surface area contributed by atoms with Crippen LogP contribution in [0.4, 0.5) is 0 Å². The predicted octanol–water partition coefficient (Wildman–Crippen LogP) is 0.258. The lowest BCUT2D eigenvalue weighted by atomic mass is 9.74. The Balaban J connectivity index is 1.90. The third-order valence-electron chi connectivity index (χ3n) is 4.62. The maximum absolute atomic E-state index is 12.4. The number of ether oxygens (including phenoxy) is 1. The summed E-state index contributed by atoms with van der Waals surface area (Å²) in [6, 6.07) is -0.506. The van der Waals surface area contributed by atoms with Crippen LogP contribution in [-0.2, 0) is 14.3 Å². The highest BCUT2D eigenvalue weighted by atomic mass is 16.5. The van der Waals surface area contributed by atoms with Crippen LogP contribution in [0.1, 0.15) is 39.5 Å². The highest BCUT2D eigenvalue weighted by Gasteiger charge is 2.38. The summed E-state index contributed by atoms with van der Waals surface area (Å²) in [5, 5.41) is 2.85. The zero-order valence-corrected chi connectivity index (χ0v) is 13.1. The molecule has 1 saturated heterocycles. The van der Waals surface area contributed by atoms with E-state index >= 15 is 0 Å². The Kier molecular flexibility index (Phi) is 5.22. The molecule has 3 atom stereocenters. The molecule has 2 amide bonds. The van der Waals surface area contributed by atoms with Gasteiger partial charge in [-0.05, 0) is 26.7 Å². The summed E-state index contributed by atoms with van der Waals surface area (Å²) in [5.74, 6) is -0.332. The van der Waals surface area contributed by atoms with Crippen molar-refractivity contribution >= 4 is 11.8 Å². The van der Waals surface area contributed by atoms with Gasteiger partial charge in [0.25, 0.3) is 0 Å². The molecule has 0 spiro atoms. The Hall–Kier alpha value is -1.14. The topological polar surface area (TPSA) is 84.7 Å². The van der Waals surface area contributed by atoms with Gasteiger partial charge in [-0.2, -0.15) is 0 Å². The largest absolute Gasteiger partial charge is 0.378 e. The van der Waals surface area contributed by atoms with E-state index in [9.17, 15) is 9.59 Å². The smallest absolute Gasteiger partial charge is 0.245 e. The molecule has 1 aliphatic heterocycles. The summed E-state index contributed by atoms with van der Waals surface area (Å²) in [4.78, 5) is 26.5. The van der Waals surface area contributed by atoms with E-state index in [4.69, 9.17) is 10.5 Å². The van der Waals surface area contributed by atoms with E-state index in [1.54, 1.807) is 11.8 Å². The number of nitrogens with two attached hydrogens (primary N) is 1. The Morgan fingerprint density at radius 3 is 2.62 bits per heavy atom. The molecule has 3 N–H and O–H groups in total. The molecule has 2 aliphatic rings. The van der Waals surface area contributed by atoms with Gasteiger partial charge in [-0.25, -0.2) is 0 Å². The fourth-order valence-corrected chi connectivity index (χ4v) is 3.22. The van der Waals surface area contributed by atoms with Crippen LogP contribution in [0.25, 0.3) is 0 Å². The van der Waals surface area contributed by atoms with Crippen LogP contribution < -0.4 is 11.1 Å².